The van der Waals surface area contributed by atoms with Gasteiger partial charge in [0.2, 0.25) is 0 Å². The van der Waals surface area contributed by atoms with Crippen LogP contribution in [0.15, 0.2) is 146 Å². The predicted octanol–water partition coefficient (Wildman–Crippen LogP) is 9.49. The molecule has 196 valence electrons. The average Bonchev–Trinajstić information content (AvgIpc) is 3.58. The highest BCUT2D eigenvalue weighted by molar-refractivity contribution is 6.21. The van der Waals surface area contributed by atoms with Crippen LogP contribution in [0.25, 0.3) is 77.0 Å². The van der Waals surface area contributed by atoms with Gasteiger partial charge in [0.15, 0.2) is 0 Å². The molecule has 4 aromatic heterocycles. The molecule has 0 radical (unpaired) electrons. The van der Waals surface area contributed by atoms with Crippen molar-refractivity contribution in [3.8, 4) is 22.5 Å². The maximum Gasteiger partial charge on any atom is 0.0730 e. The Hall–Kier alpha value is -5.74. The van der Waals surface area contributed by atoms with Crippen molar-refractivity contribution in [2.75, 3.05) is 0 Å². The number of aromatic nitrogens is 4. The van der Waals surface area contributed by atoms with Crippen LogP contribution in [-0.4, -0.2) is 19.1 Å². The third kappa shape index (κ3) is 3.29. The molecule has 0 unspecified atom stereocenters. The van der Waals surface area contributed by atoms with Crippen LogP contribution < -0.4 is 0 Å². The number of rotatable bonds is 3. The van der Waals surface area contributed by atoms with Crippen molar-refractivity contribution in [2.45, 2.75) is 0 Å². The van der Waals surface area contributed by atoms with Crippen LogP contribution in [0.4, 0.5) is 0 Å². The molecule has 0 amide bonds. The molecule has 0 saturated heterocycles. The molecule has 4 nitrogen and oxygen atoms in total. The fourth-order valence-corrected chi connectivity index (χ4v) is 6.58. The molecular weight excluding hydrogens is 512 g/mol. The van der Waals surface area contributed by atoms with Gasteiger partial charge in [0, 0.05) is 50.7 Å². The van der Waals surface area contributed by atoms with Crippen LogP contribution in [0.3, 0.4) is 0 Å². The predicted molar refractivity (Wildman–Crippen MR) is 174 cm³/mol. The average molecular weight is 537 g/mol. The molecule has 0 atom stereocenters. The molecule has 0 aliphatic heterocycles. The molecule has 0 fully saturated rings. The van der Waals surface area contributed by atoms with E-state index < -0.39 is 0 Å². The SMILES string of the molecule is c1ccc(-n2c3ccncc3c3cc(-c4ccc5c(c4)c4c6ccccc6ncc4n5-c4ccccc4)ccc32)cc1. The molecule has 42 heavy (non-hydrogen) atoms. The van der Waals surface area contributed by atoms with Gasteiger partial charge in [-0.15, -0.1) is 0 Å². The minimum Gasteiger partial charge on any atom is -0.309 e. The monoisotopic (exact) mass is 536 g/mol. The molecule has 9 rings (SSSR count). The van der Waals surface area contributed by atoms with E-state index in [9.17, 15) is 0 Å². The second-order valence-electron chi connectivity index (χ2n) is 10.7. The second-order valence-corrected chi connectivity index (χ2v) is 10.7. The van der Waals surface area contributed by atoms with Gasteiger partial charge in [-0.25, -0.2) is 0 Å². The maximum atomic E-state index is 4.83. The van der Waals surface area contributed by atoms with Crippen LogP contribution in [0.2, 0.25) is 0 Å². The second kappa shape index (κ2) is 8.88. The third-order valence-electron chi connectivity index (χ3n) is 8.43. The standard InChI is InChI=1S/C38H24N4/c1-3-9-27(10-4-1)41-34-17-15-25(21-30(34)32-23-39-20-19-36(32)41)26-16-18-35-31(22-26)38-29-13-7-8-14-33(29)40-24-37(38)42(35)28-11-5-2-6-12-28/h1-24H. The van der Waals surface area contributed by atoms with Gasteiger partial charge in [0.05, 0.1) is 33.8 Å². The van der Waals surface area contributed by atoms with Crippen LogP contribution in [0.5, 0.6) is 0 Å². The zero-order valence-electron chi connectivity index (χ0n) is 22.6. The van der Waals surface area contributed by atoms with Crippen molar-refractivity contribution in [1.82, 2.24) is 19.1 Å². The van der Waals surface area contributed by atoms with Gasteiger partial charge in [0.1, 0.15) is 0 Å². The first-order valence-corrected chi connectivity index (χ1v) is 14.2. The van der Waals surface area contributed by atoms with Crippen molar-refractivity contribution in [1.29, 1.82) is 0 Å². The van der Waals surface area contributed by atoms with E-state index in [-0.39, 0.29) is 0 Å². The Kier molecular flexibility index (Phi) is 4.87. The summed E-state index contributed by atoms with van der Waals surface area (Å²) in [5.41, 5.74) is 10.3. The summed E-state index contributed by atoms with van der Waals surface area (Å²) in [5.74, 6) is 0. The number of hydrogen-bond donors (Lipinski definition) is 0. The molecule has 4 heterocycles. The topological polar surface area (TPSA) is 35.6 Å². The lowest BCUT2D eigenvalue weighted by molar-refractivity contribution is 1.17. The van der Waals surface area contributed by atoms with E-state index in [0.29, 0.717) is 0 Å². The molecule has 0 aliphatic carbocycles. The Bertz CT molecular complexity index is 2450. The molecule has 0 N–H and O–H groups in total. The van der Waals surface area contributed by atoms with Gasteiger partial charge in [-0.1, -0.05) is 66.7 Å². The molecular formula is C38H24N4. The lowest BCUT2D eigenvalue weighted by Gasteiger charge is -2.09. The molecule has 0 spiro atoms. The summed E-state index contributed by atoms with van der Waals surface area (Å²) < 4.78 is 4.65. The highest BCUT2D eigenvalue weighted by atomic mass is 15.0. The van der Waals surface area contributed by atoms with Gasteiger partial charge in [-0.3, -0.25) is 9.97 Å². The zero-order valence-corrected chi connectivity index (χ0v) is 22.6. The lowest BCUT2D eigenvalue weighted by Crippen LogP contribution is -1.93. The summed E-state index contributed by atoms with van der Waals surface area (Å²) in [6, 6.07) is 45.3. The van der Waals surface area contributed by atoms with Gasteiger partial charge in [-0.2, -0.15) is 0 Å². The summed E-state index contributed by atoms with van der Waals surface area (Å²) in [4.78, 5) is 9.32. The summed E-state index contributed by atoms with van der Waals surface area (Å²) in [6.45, 7) is 0. The van der Waals surface area contributed by atoms with Gasteiger partial charge in [-0.05, 0) is 71.8 Å². The molecule has 4 heteroatoms. The molecule has 9 aromatic rings. The highest BCUT2D eigenvalue weighted by Gasteiger charge is 2.17. The molecule has 0 bridgehead atoms. The van der Waals surface area contributed by atoms with E-state index in [4.69, 9.17) is 4.98 Å². The quantitative estimate of drug-likeness (QED) is 0.225. The maximum absolute atomic E-state index is 4.83. The fraction of sp³-hybridized carbons (Fsp3) is 0. The Labute approximate surface area is 241 Å². The van der Waals surface area contributed by atoms with E-state index >= 15 is 0 Å². The van der Waals surface area contributed by atoms with Crippen LogP contribution in [-0.2, 0) is 0 Å². The van der Waals surface area contributed by atoms with Gasteiger partial charge < -0.3 is 9.13 Å². The van der Waals surface area contributed by atoms with Crippen molar-refractivity contribution < 1.29 is 0 Å². The van der Waals surface area contributed by atoms with Crippen molar-refractivity contribution in [3.63, 3.8) is 0 Å². The van der Waals surface area contributed by atoms with E-state index in [0.717, 1.165) is 33.3 Å². The largest absolute Gasteiger partial charge is 0.309 e. The number of fused-ring (bicyclic) bond motifs is 8. The zero-order chi connectivity index (χ0) is 27.6. The first kappa shape index (κ1) is 23.0. The molecule has 0 saturated carbocycles. The first-order valence-electron chi connectivity index (χ1n) is 14.2. The lowest BCUT2D eigenvalue weighted by atomic mass is 10.00. The van der Waals surface area contributed by atoms with E-state index in [1.54, 1.807) is 0 Å². The molecule has 5 aromatic carbocycles. The minimum atomic E-state index is 1.00. The smallest absolute Gasteiger partial charge is 0.0730 e. The van der Waals surface area contributed by atoms with Crippen LogP contribution >= 0.6 is 0 Å². The van der Waals surface area contributed by atoms with E-state index in [1.165, 1.54) is 43.7 Å². The van der Waals surface area contributed by atoms with Crippen molar-refractivity contribution in [3.05, 3.63) is 146 Å². The third-order valence-corrected chi connectivity index (χ3v) is 8.43. The fourth-order valence-electron chi connectivity index (χ4n) is 6.58. The molecule has 0 aliphatic rings. The highest BCUT2D eigenvalue weighted by Crippen LogP contribution is 2.39. The van der Waals surface area contributed by atoms with Crippen LogP contribution in [0.1, 0.15) is 0 Å². The first-order chi connectivity index (χ1) is 20.8. The number of para-hydroxylation sites is 3. The Morgan fingerprint density at radius 3 is 1.76 bits per heavy atom. The number of benzene rings is 5. The normalized spacial score (nSPS) is 11.8. The van der Waals surface area contributed by atoms with Gasteiger partial charge >= 0.3 is 0 Å². The number of hydrogen-bond acceptors (Lipinski definition) is 2. The van der Waals surface area contributed by atoms with Crippen LogP contribution in [0, 0.1) is 0 Å². The van der Waals surface area contributed by atoms with Gasteiger partial charge in [0.25, 0.3) is 0 Å². The van der Waals surface area contributed by atoms with Crippen molar-refractivity contribution >= 4 is 54.5 Å². The summed E-state index contributed by atoms with van der Waals surface area (Å²) in [6.07, 6.45) is 5.87. The summed E-state index contributed by atoms with van der Waals surface area (Å²) >= 11 is 0. The Morgan fingerprint density at radius 1 is 0.429 bits per heavy atom. The number of pyridine rings is 2. The Morgan fingerprint density at radius 2 is 1.02 bits per heavy atom. The summed E-state index contributed by atoms with van der Waals surface area (Å²) in [5, 5.41) is 5.96. The minimum absolute atomic E-state index is 1.00. The van der Waals surface area contributed by atoms with Crippen molar-refractivity contribution in [2.24, 2.45) is 0 Å². The number of nitrogens with zero attached hydrogens (tertiary/aromatic N) is 4. The van der Waals surface area contributed by atoms with E-state index in [1.807, 2.05) is 18.6 Å². The van der Waals surface area contributed by atoms with E-state index in [2.05, 4.69) is 142 Å². The summed E-state index contributed by atoms with van der Waals surface area (Å²) in [7, 11) is 0. The Balaban J connectivity index is 1.32.